The average Bonchev–Trinajstić information content (AvgIpc) is 2.92. The van der Waals surface area contributed by atoms with Gasteiger partial charge in [-0.1, -0.05) is 12.1 Å². The molecule has 2 amide bonds. The number of nitrogens with two attached hydrogens (primary N) is 1. The number of nitrogens with one attached hydrogen (secondary N) is 1. The Morgan fingerprint density at radius 3 is 2.58 bits per heavy atom. The van der Waals surface area contributed by atoms with E-state index >= 15 is 0 Å². The number of hydrogen-bond acceptors (Lipinski definition) is 3. The van der Waals surface area contributed by atoms with E-state index in [1.165, 1.54) is 0 Å². The van der Waals surface area contributed by atoms with Crippen molar-refractivity contribution in [1.29, 1.82) is 0 Å². The van der Waals surface area contributed by atoms with Crippen LogP contribution in [-0.2, 0) is 13.1 Å². The van der Waals surface area contributed by atoms with Gasteiger partial charge in [-0.15, -0.1) is 0 Å². The van der Waals surface area contributed by atoms with Crippen LogP contribution in [0.5, 0.6) is 0 Å². The minimum atomic E-state index is -0.165. The van der Waals surface area contributed by atoms with E-state index in [1.54, 1.807) is 24.5 Å². The molecule has 1 aromatic heterocycles. The molecule has 3 N–H and O–H groups in total. The predicted molar refractivity (Wildman–Crippen MR) is 73.5 cm³/mol. The summed E-state index contributed by atoms with van der Waals surface area (Å²) in [5, 5.41) is 2.82. The summed E-state index contributed by atoms with van der Waals surface area (Å²) in [5.74, 6) is 0. The Bertz CT molecular complexity index is 520. The zero-order chi connectivity index (χ0) is 13.7. The third kappa shape index (κ3) is 3.59. The van der Waals surface area contributed by atoms with E-state index in [-0.39, 0.29) is 6.03 Å². The summed E-state index contributed by atoms with van der Waals surface area (Å²) in [7, 11) is 1.73. The van der Waals surface area contributed by atoms with E-state index in [0.717, 1.165) is 16.8 Å². The van der Waals surface area contributed by atoms with Gasteiger partial charge in [0.15, 0.2) is 0 Å². The number of urea groups is 1. The van der Waals surface area contributed by atoms with Crippen molar-refractivity contribution in [2.24, 2.45) is 5.73 Å². The van der Waals surface area contributed by atoms with Crippen LogP contribution in [0.2, 0.25) is 0 Å². The monoisotopic (exact) mass is 259 g/mol. The predicted octanol–water partition coefficient (Wildman–Crippen LogP) is 2.40. The Kier molecular flexibility index (Phi) is 4.20. The number of amides is 2. The van der Waals surface area contributed by atoms with E-state index in [4.69, 9.17) is 10.2 Å². The maximum absolute atomic E-state index is 12.0. The molecule has 0 saturated heterocycles. The Morgan fingerprint density at radius 1 is 1.26 bits per heavy atom. The summed E-state index contributed by atoms with van der Waals surface area (Å²) in [6.45, 7) is 0.998. The highest BCUT2D eigenvalue weighted by molar-refractivity contribution is 5.89. The highest BCUT2D eigenvalue weighted by Gasteiger charge is 2.09. The number of carbonyl (C=O) groups excluding carboxylic acids is 1. The molecule has 100 valence electrons. The lowest BCUT2D eigenvalue weighted by Gasteiger charge is -2.17. The van der Waals surface area contributed by atoms with Gasteiger partial charge in [0, 0.05) is 24.8 Å². The Hall–Kier alpha value is -2.27. The molecule has 0 saturated carbocycles. The lowest BCUT2D eigenvalue weighted by molar-refractivity contribution is 0.220. The molecule has 2 aromatic rings. The molecule has 1 heterocycles. The minimum absolute atomic E-state index is 0.165. The van der Waals surface area contributed by atoms with Gasteiger partial charge < -0.3 is 20.4 Å². The summed E-state index contributed by atoms with van der Waals surface area (Å²) >= 11 is 0. The third-order valence-electron chi connectivity index (χ3n) is 2.79. The second-order valence-electron chi connectivity index (χ2n) is 4.32. The van der Waals surface area contributed by atoms with Gasteiger partial charge in [0.2, 0.25) is 0 Å². The Balaban J connectivity index is 1.92. The van der Waals surface area contributed by atoms with Crippen LogP contribution in [0.25, 0.3) is 0 Å². The van der Waals surface area contributed by atoms with Gasteiger partial charge in [0.25, 0.3) is 0 Å². The van der Waals surface area contributed by atoms with Crippen LogP contribution >= 0.6 is 0 Å². The van der Waals surface area contributed by atoms with Crippen molar-refractivity contribution in [1.82, 2.24) is 4.90 Å². The summed E-state index contributed by atoms with van der Waals surface area (Å²) in [6, 6.07) is 9.14. The molecule has 0 radical (unpaired) electrons. The number of benzene rings is 1. The maximum atomic E-state index is 12.0. The molecule has 0 aliphatic heterocycles. The molecule has 2 rings (SSSR count). The number of rotatable bonds is 4. The topological polar surface area (TPSA) is 71.5 Å². The van der Waals surface area contributed by atoms with Crippen molar-refractivity contribution in [3.63, 3.8) is 0 Å². The van der Waals surface area contributed by atoms with Gasteiger partial charge in [0.05, 0.1) is 19.1 Å². The molecular formula is C14H17N3O2. The zero-order valence-corrected chi connectivity index (χ0v) is 10.8. The molecule has 0 aliphatic rings. The first kappa shape index (κ1) is 13.2. The van der Waals surface area contributed by atoms with Gasteiger partial charge >= 0.3 is 6.03 Å². The Labute approximate surface area is 112 Å². The standard InChI is InChI=1S/C14H17N3O2/c1-17(9-12-6-7-19-10-12)14(18)16-13-4-2-11(8-15)3-5-13/h2-7,10H,8-9,15H2,1H3,(H,16,18). The molecule has 0 bridgehead atoms. The van der Waals surface area contributed by atoms with Crippen LogP contribution in [0.1, 0.15) is 11.1 Å². The zero-order valence-electron chi connectivity index (χ0n) is 10.8. The lowest BCUT2D eigenvalue weighted by atomic mass is 10.2. The molecule has 0 atom stereocenters. The molecule has 5 heteroatoms. The van der Waals surface area contributed by atoms with Gasteiger partial charge in [-0.25, -0.2) is 4.79 Å². The van der Waals surface area contributed by atoms with Crippen LogP contribution < -0.4 is 11.1 Å². The third-order valence-corrected chi connectivity index (χ3v) is 2.79. The minimum Gasteiger partial charge on any atom is -0.472 e. The van der Waals surface area contributed by atoms with Crippen LogP contribution in [0.15, 0.2) is 47.3 Å². The van der Waals surface area contributed by atoms with Crippen molar-refractivity contribution in [2.45, 2.75) is 13.1 Å². The van der Waals surface area contributed by atoms with Gasteiger partial charge in [0.1, 0.15) is 0 Å². The average molecular weight is 259 g/mol. The fraction of sp³-hybridized carbons (Fsp3) is 0.214. The molecule has 0 unspecified atom stereocenters. The van der Waals surface area contributed by atoms with E-state index < -0.39 is 0 Å². The molecule has 19 heavy (non-hydrogen) atoms. The van der Waals surface area contributed by atoms with Crippen LogP contribution in [0.3, 0.4) is 0 Å². The SMILES string of the molecule is CN(Cc1ccoc1)C(=O)Nc1ccc(CN)cc1. The summed E-state index contributed by atoms with van der Waals surface area (Å²) in [6.07, 6.45) is 3.21. The fourth-order valence-electron chi connectivity index (χ4n) is 1.67. The van der Waals surface area contributed by atoms with Gasteiger partial charge in [-0.2, -0.15) is 0 Å². The first-order valence-corrected chi connectivity index (χ1v) is 6.01. The van der Waals surface area contributed by atoms with Gasteiger partial charge in [-0.05, 0) is 23.8 Å². The van der Waals surface area contributed by atoms with Crippen LogP contribution in [-0.4, -0.2) is 18.0 Å². The highest BCUT2D eigenvalue weighted by Crippen LogP contribution is 2.11. The maximum Gasteiger partial charge on any atom is 0.321 e. The van der Waals surface area contributed by atoms with E-state index in [1.807, 2.05) is 30.3 Å². The second-order valence-corrected chi connectivity index (χ2v) is 4.32. The number of hydrogen-bond donors (Lipinski definition) is 2. The van der Waals surface area contributed by atoms with Crippen LogP contribution in [0.4, 0.5) is 10.5 Å². The molecule has 0 aliphatic carbocycles. The smallest absolute Gasteiger partial charge is 0.321 e. The lowest BCUT2D eigenvalue weighted by Crippen LogP contribution is -2.30. The summed E-state index contributed by atoms with van der Waals surface area (Å²) in [5.41, 5.74) is 8.26. The number of furan rings is 1. The normalized spacial score (nSPS) is 10.2. The quantitative estimate of drug-likeness (QED) is 0.885. The van der Waals surface area contributed by atoms with Crippen LogP contribution in [0, 0.1) is 0 Å². The van der Waals surface area contributed by atoms with E-state index in [9.17, 15) is 4.79 Å². The van der Waals surface area contributed by atoms with Gasteiger partial charge in [-0.3, -0.25) is 0 Å². The van der Waals surface area contributed by atoms with Crippen molar-refractivity contribution in [2.75, 3.05) is 12.4 Å². The largest absolute Gasteiger partial charge is 0.472 e. The van der Waals surface area contributed by atoms with E-state index in [2.05, 4.69) is 5.32 Å². The van der Waals surface area contributed by atoms with Crippen molar-refractivity contribution >= 4 is 11.7 Å². The molecule has 5 nitrogen and oxygen atoms in total. The first-order chi connectivity index (χ1) is 9.19. The molecule has 1 aromatic carbocycles. The number of anilines is 1. The summed E-state index contributed by atoms with van der Waals surface area (Å²) in [4.78, 5) is 13.5. The van der Waals surface area contributed by atoms with Crippen molar-refractivity contribution < 1.29 is 9.21 Å². The molecule has 0 spiro atoms. The highest BCUT2D eigenvalue weighted by atomic mass is 16.3. The fourth-order valence-corrected chi connectivity index (χ4v) is 1.67. The number of carbonyl (C=O) groups is 1. The van der Waals surface area contributed by atoms with Crippen molar-refractivity contribution in [3.8, 4) is 0 Å². The first-order valence-electron chi connectivity index (χ1n) is 6.01. The molecular weight excluding hydrogens is 242 g/mol. The molecule has 0 fully saturated rings. The number of nitrogens with zero attached hydrogens (tertiary/aromatic N) is 1. The van der Waals surface area contributed by atoms with Crippen molar-refractivity contribution in [3.05, 3.63) is 54.0 Å². The Morgan fingerprint density at radius 2 is 2.00 bits per heavy atom. The van der Waals surface area contributed by atoms with E-state index in [0.29, 0.717) is 13.1 Å². The summed E-state index contributed by atoms with van der Waals surface area (Å²) < 4.78 is 4.97. The second kappa shape index (κ2) is 6.06.